The summed E-state index contributed by atoms with van der Waals surface area (Å²) < 4.78 is 0.393. The molecule has 2 aliphatic rings. The van der Waals surface area contributed by atoms with Gasteiger partial charge in [-0.3, -0.25) is 4.79 Å². The van der Waals surface area contributed by atoms with Gasteiger partial charge in [-0.05, 0) is 31.9 Å². The molecule has 2 fully saturated rings. The molecule has 2 nitrogen and oxygen atoms in total. The molecule has 2 saturated carbocycles. The van der Waals surface area contributed by atoms with Crippen LogP contribution in [0.15, 0.2) is 0 Å². The third kappa shape index (κ3) is 2.01. The average Bonchev–Trinajstić information content (AvgIpc) is 2.85. The molecule has 0 saturated heterocycles. The molecular formula is C10H17NOS. The fraction of sp³-hybridized carbons (Fsp3) is 0.900. The van der Waals surface area contributed by atoms with Crippen LogP contribution in [0.4, 0.5) is 0 Å². The van der Waals surface area contributed by atoms with Crippen LogP contribution >= 0.6 is 11.8 Å². The van der Waals surface area contributed by atoms with Crippen molar-refractivity contribution in [2.24, 2.45) is 5.92 Å². The molecule has 1 amide bonds. The predicted octanol–water partition coefficient (Wildman–Crippen LogP) is 1.80. The van der Waals surface area contributed by atoms with E-state index in [4.69, 9.17) is 0 Å². The maximum Gasteiger partial charge on any atom is 0.223 e. The van der Waals surface area contributed by atoms with Crippen molar-refractivity contribution in [3.63, 3.8) is 0 Å². The second kappa shape index (κ2) is 3.52. The summed E-state index contributed by atoms with van der Waals surface area (Å²) in [6.07, 6.45) is 8.26. The number of rotatable bonds is 4. The van der Waals surface area contributed by atoms with Crippen LogP contribution in [0.5, 0.6) is 0 Å². The molecule has 0 aromatic carbocycles. The van der Waals surface area contributed by atoms with Gasteiger partial charge >= 0.3 is 0 Å². The van der Waals surface area contributed by atoms with Crippen LogP contribution in [-0.4, -0.2) is 23.5 Å². The molecule has 0 heterocycles. The zero-order chi connectivity index (χ0) is 9.31. The maximum atomic E-state index is 11.4. The Labute approximate surface area is 83.8 Å². The number of hydrogen-bond acceptors (Lipinski definition) is 2. The smallest absolute Gasteiger partial charge is 0.223 e. The molecule has 0 aromatic heterocycles. The summed E-state index contributed by atoms with van der Waals surface area (Å²) in [7, 11) is 0. The third-order valence-electron chi connectivity index (χ3n) is 3.23. The molecule has 0 aromatic rings. The van der Waals surface area contributed by atoms with Crippen LogP contribution in [0.2, 0.25) is 0 Å². The van der Waals surface area contributed by atoms with Gasteiger partial charge in [-0.1, -0.05) is 6.42 Å². The Balaban J connectivity index is 1.73. The van der Waals surface area contributed by atoms with Gasteiger partial charge in [0.05, 0.1) is 0 Å². The largest absolute Gasteiger partial charge is 0.354 e. The summed E-state index contributed by atoms with van der Waals surface area (Å²) in [5.74, 6) is 0.652. The van der Waals surface area contributed by atoms with Crippen molar-refractivity contribution in [3.05, 3.63) is 0 Å². The van der Waals surface area contributed by atoms with E-state index in [1.807, 2.05) is 11.8 Å². The number of hydrogen-bond donors (Lipinski definition) is 1. The fourth-order valence-electron chi connectivity index (χ4n) is 1.76. The Bertz CT molecular complexity index is 203. The molecule has 0 unspecified atom stereocenters. The lowest BCUT2D eigenvalue weighted by Gasteiger charge is -2.40. The van der Waals surface area contributed by atoms with Gasteiger partial charge < -0.3 is 5.32 Å². The second-order valence-corrected chi connectivity index (χ2v) is 5.51. The number of thioether (sulfide) groups is 1. The third-order valence-corrected chi connectivity index (χ3v) is 4.65. The lowest BCUT2D eigenvalue weighted by atomic mass is 9.84. The van der Waals surface area contributed by atoms with Crippen LogP contribution in [0, 0.1) is 5.92 Å². The molecular weight excluding hydrogens is 182 g/mol. The Morgan fingerprint density at radius 3 is 2.62 bits per heavy atom. The van der Waals surface area contributed by atoms with Gasteiger partial charge in [0.15, 0.2) is 0 Å². The highest BCUT2D eigenvalue weighted by Gasteiger charge is 2.37. The molecule has 2 rings (SSSR count). The summed E-state index contributed by atoms with van der Waals surface area (Å²) >= 11 is 1.92. The van der Waals surface area contributed by atoms with Crippen molar-refractivity contribution in [1.82, 2.24) is 5.32 Å². The molecule has 3 heteroatoms. The molecule has 13 heavy (non-hydrogen) atoms. The van der Waals surface area contributed by atoms with Gasteiger partial charge in [-0.15, -0.1) is 0 Å². The van der Waals surface area contributed by atoms with Crippen molar-refractivity contribution in [3.8, 4) is 0 Å². The van der Waals surface area contributed by atoms with Gasteiger partial charge in [0.2, 0.25) is 5.91 Å². The summed E-state index contributed by atoms with van der Waals surface area (Å²) in [5, 5.41) is 3.08. The van der Waals surface area contributed by atoms with Crippen LogP contribution in [0.3, 0.4) is 0 Å². The summed E-state index contributed by atoms with van der Waals surface area (Å²) in [6, 6.07) is 0. The Hall–Kier alpha value is -0.180. The highest BCUT2D eigenvalue weighted by molar-refractivity contribution is 8.00. The minimum atomic E-state index is 0.292. The van der Waals surface area contributed by atoms with Crippen molar-refractivity contribution < 1.29 is 4.79 Å². The van der Waals surface area contributed by atoms with E-state index in [2.05, 4.69) is 11.6 Å². The van der Waals surface area contributed by atoms with E-state index in [0.29, 0.717) is 16.6 Å². The van der Waals surface area contributed by atoms with Gasteiger partial charge in [0.25, 0.3) is 0 Å². The number of nitrogens with one attached hydrogen (secondary N) is 1. The fourth-order valence-corrected chi connectivity index (χ4v) is 2.68. The van der Waals surface area contributed by atoms with Gasteiger partial charge in [-0.25, -0.2) is 0 Å². The minimum absolute atomic E-state index is 0.292. The van der Waals surface area contributed by atoms with Crippen LogP contribution < -0.4 is 5.32 Å². The van der Waals surface area contributed by atoms with E-state index in [0.717, 1.165) is 19.4 Å². The Morgan fingerprint density at radius 2 is 2.23 bits per heavy atom. The quantitative estimate of drug-likeness (QED) is 0.748. The molecule has 0 aliphatic heterocycles. The van der Waals surface area contributed by atoms with E-state index in [1.54, 1.807) is 0 Å². The Morgan fingerprint density at radius 1 is 1.54 bits per heavy atom. The first kappa shape index (κ1) is 9.38. The summed E-state index contributed by atoms with van der Waals surface area (Å²) in [5.41, 5.74) is 0. The first-order valence-corrected chi connectivity index (χ1v) is 6.31. The van der Waals surface area contributed by atoms with E-state index >= 15 is 0 Å². The molecule has 0 spiro atoms. The van der Waals surface area contributed by atoms with Crippen molar-refractivity contribution in [2.45, 2.75) is 36.9 Å². The molecule has 0 radical (unpaired) electrons. The van der Waals surface area contributed by atoms with Crippen LogP contribution in [0.25, 0.3) is 0 Å². The second-order valence-electron chi connectivity index (χ2n) is 4.23. The normalized spacial score (nSPS) is 25.0. The summed E-state index contributed by atoms with van der Waals surface area (Å²) in [6.45, 7) is 0.892. The summed E-state index contributed by atoms with van der Waals surface area (Å²) in [4.78, 5) is 11.4. The first-order chi connectivity index (χ1) is 6.26. The van der Waals surface area contributed by atoms with Crippen molar-refractivity contribution in [1.29, 1.82) is 0 Å². The zero-order valence-electron chi connectivity index (χ0n) is 8.14. The monoisotopic (exact) mass is 199 g/mol. The highest BCUT2D eigenvalue weighted by Crippen LogP contribution is 2.42. The molecule has 74 valence electrons. The van der Waals surface area contributed by atoms with Crippen molar-refractivity contribution >= 4 is 17.7 Å². The van der Waals surface area contributed by atoms with E-state index in [-0.39, 0.29) is 0 Å². The highest BCUT2D eigenvalue weighted by atomic mass is 32.2. The minimum Gasteiger partial charge on any atom is -0.354 e. The van der Waals surface area contributed by atoms with Crippen LogP contribution in [-0.2, 0) is 4.79 Å². The SMILES string of the molecule is CSC1(CNC(=O)C2CC2)CCC1. The molecule has 1 N–H and O–H groups in total. The average molecular weight is 199 g/mol. The zero-order valence-corrected chi connectivity index (χ0v) is 8.95. The van der Waals surface area contributed by atoms with Gasteiger partial charge in [0, 0.05) is 17.2 Å². The maximum absolute atomic E-state index is 11.4. The van der Waals surface area contributed by atoms with Gasteiger partial charge in [0.1, 0.15) is 0 Å². The van der Waals surface area contributed by atoms with E-state index in [9.17, 15) is 4.79 Å². The number of amides is 1. The predicted molar refractivity (Wildman–Crippen MR) is 55.8 cm³/mol. The molecule has 2 aliphatic carbocycles. The standard InChI is InChI=1S/C10H17NOS/c1-13-10(5-2-6-10)7-11-9(12)8-3-4-8/h8H,2-7H2,1H3,(H,11,12). The van der Waals surface area contributed by atoms with Crippen LogP contribution in [0.1, 0.15) is 32.1 Å². The number of carbonyl (C=O) groups is 1. The van der Waals surface area contributed by atoms with Gasteiger partial charge in [-0.2, -0.15) is 11.8 Å². The topological polar surface area (TPSA) is 29.1 Å². The van der Waals surface area contributed by atoms with Crippen molar-refractivity contribution in [2.75, 3.05) is 12.8 Å². The lowest BCUT2D eigenvalue weighted by Crippen LogP contribution is -2.45. The molecule has 0 atom stereocenters. The van der Waals surface area contributed by atoms with E-state index < -0.39 is 0 Å². The molecule has 0 bridgehead atoms. The lowest BCUT2D eigenvalue weighted by molar-refractivity contribution is -0.122. The first-order valence-electron chi connectivity index (χ1n) is 5.09. The Kier molecular flexibility index (Phi) is 2.54. The number of carbonyl (C=O) groups excluding carboxylic acids is 1. The van der Waals surface area contributed by atoms with E-state index in [1.165, 1.54) is 19.3 Å².